The van der Waals surface area contributed by atoms with E-state index in [2.05, 4.69) is 5.32 Å². The first-order valence-electron chi connectivity index (χ1n) is 6.80. The molecule has 2 aromatic rings. The molecule has 0 atom stereocenters. The second-order valence-electron chi connectivity index (χ2n) is 4.91. The molecule has 0 unspecified atom stereocenters. The molecule has 0 saturated carbocycles. The van der Waals surface area contributed by atoms with Crippen LogP contribution < -0.4 is 10.1 Å². The van der Waals surface area contributed by atoms with E-state index in [9.17, 15) is 14.4 Å². The van der Waals surface area contributed by atoms with Crippen molar-refractivity contribution in [2.24, 2.45) is 0 Å². The van der Waals surface area contributed by atoms with Crippen molar-refractivity contribution in [3.63, 3.8) is 0 Å². The molecule has 0 spiro atoms. The van der Waals surface area contributed by atoms with Crippen molar-refractivity contribution in [2.45, 2.75) is 13.8 Å². The molecule has 2 N–H and O–H groups in total. The number of aromatic carboxylic acids is 1. The highest BCUT2D eigenvalue weighted by atomic mass is 16.5. The number of nitrogens with one attached hydrogen (secondary N) is 1. The van der Waals surface area contributed by atoms with Crippen LogP contribution in [0.25, 0.3) is 0 Å². The quantitative estimate of drug-likeness (QED) is 0.669. The SMILES string of the molecule is CC(=O)Oc1ccc(C(=O)Nc2ccc(C(=O)O)cc2C)cc1. The predicted molar refractivity (Wildman–Crippen MR) is 83.8 cm³/mol. The van der Waals surface area contributed by atoms with E-state index >= 15 is 0 Å². The molecule has 0 saturated heterocycles. The molecule has 0 aliphatic carbocycles. The summed E-state index contributed by atoms with van der Waals surface area (Å²) in [5, 5.41) is 11.6. The van der Waals surface area contributed by atoms with Crippen LogP contribution in [0.4, 0.5) is 5.69 Å². The lowest BCUT2D eigenvalue weighted by Crippen LogP contribution is -2.13. The number of carbonyl (C=O) groups is 3. The van der Waals surface area contributed by atoms with E-state index in [0.29, 0.717) is 22.6 Å². The summed E-state index contributed by atoms with van der Waals surface area (Å²) in [5.41, 5.74) is 1.73. The minimum Gasteiger partial charge on any atom is -0.478 e. The lowest BCUT2D eigenvalue weighted by atomic mass is 10.1. The standard InChI is InChI=1S/C17H15NO5/c1-10-9-13(17(21)22)5-8-15(10)18-16(20)12-3-6-14(7-4-12)23-11(2)19/h3-9H,1-2H3,(H,18,20)(H,21,22). The molecule has 0 aromatic heterocycles. The van der Waals surface area contributed by atoms with Gasteiger partial charge in [0.05, 0.1) is 5.56 Å². The van der Waals surface area contributed by atoms with Crippen molar-refractivity contribution in [1.29, 1.82) is 0 Å². The number of hydrogen-bond acceptors (Lipinski definition) is 4. The Kier molecular flexibility index (Phi) is 4.75. The van der Waals surface area contributed by atoms with Crippen molar-refractivity contribution in [2.75, 3.05) is 5.32 Å². The monoisotopic (exact) mass is 313 g/mol. The van der Waals surface area contributed by atoms with Gasteiger partial charge in [-0.3, -0.25) is 9.59 Å². The summed E-state index contributed by atoms with van der Waals surface area (Å²) >= 11 is 0. The first kappa shape index (κ1) is 16.2. The minimum atomic E-state index is -1.02. The van der Waals surface area contributed by atoms with Crippen LogP contribution in [0.3, 0.4) is 0 Å². The molecule has 0 aliphatic rings. The Morgan fingerprint density at radius 3 is 2.13 bits per heavy atom. The summed E-state index contributed by atoms with van der Waals surface area (Å²) in [6.45, 7) is 3.01. The van der Waals surface area contributed by atoms with Gasteiger partial charge in [0, 0.05) is 18.2 Å². The van der Waals surface area contributed by atoms with Gasteiger partial charge < -0.3 is 15.2 Å². The van der Waals surface area contributed by atoms with Crippen molar-refractivity contribution in [3.05, 3.63) is 59.2 Å². The normalized spacial score (nSPS) is 10.0. The van der Waals surface area contributed by atoms with Gasteiger partial charge in [-0.2, -0.15) is 0 Å². The average molecular weight is 313 g/mol. The molecule has 0 heterocycles. The molecule has 0 aliphatic heterocycles. The zero-order chi connectivity index (χ0) is 17.0. The number of anilines is 1. The molecule has 0 bridgehead atoms. The van der Waals surface area contributed by atoms with Crippen molar-refractivity contribution in [1.82, 2.24) is 0 Å². The summed E-state index contributed by atoms with van der Waals surface area (Å²) in [6, 6.07) is 10.6. The van der Waals surface area contributed by atoms with Gasteiger partial charge in [0.1, 0.15) is 5.75 Å². The van der Waals surface area contributed by atoms with Crippen LogP contribution in [-0.4, -0.2) is 23.0 Å². The number of hydrogen-bond donors (Lipinski definition) is 2. The van der Waals surface area contributed by atoms with Gasteiger partial charge in [-0.15, -0.1) is 0 Å². The van der Waals surface area contributed by atoms with E-state index in [1.807, 2.05) is 0 Å². The van der Waals surface area contributed by atoms with Gasteiger partial charge in [0.25, 0.3) is 5.91 Å². The molecule has 118 valence electrons. The maximum atomic E-state index is 12.2. The largest absolute Gasteiger partial charge is 0.478 e. The number of ether oxygens (including phenoxy) is 1. The van der Waals surface area contributed by atoms with Crippen LogP contribution in [0.2, 0.25) is 0 Å². The number of rotatable bonds is 4. The van der Waals surface area contributed by atoms with Gasteiger partial charge >= 0.3 is 11.9 Å². The van der Waals surface area contributed by atoms with Crippen LogP contribution in [0.15, 0.2) is 42.5 Å². The zero-order valence-electron chi connectivity index (χ0n) is 12.6. The fraction of sp³-hybridized carbons (Fsp3) is 0.118. The fourth-order valence-electron chi connectivity index (χ4n) is 1.97. The Hall–Kier alpha value is -3.15. The first-order chi connectivity index (χ1) is 10.9. The molecule has 6 nitrogen and oxygen atoms in total. The van der Waals surface area contributed by atoms with E-state index in [1.165, 1.54) is 43.3 Å². The number of aryl methyl sites for hydroxylation is 1. The number of carboxylic acids is 1. The Balaban J connectivity index is 2.12. The summed E-state index contributed by atoms with van der Waals surface area (Å²) < 4.78 is 4.90. The third-order valence-corrected chi connectivity index (χ3v) is 3.10. The van der Waals surface area contributed by atoms with Crippen LogP contribution >= 0.6 is 0 Å². The Labute approximate surface area is 132 Å². The highest BCUT2D eigenvalue weighted by Gasteiger charge is 2.10. The molecule has 2 rings (SSSR count). The molecule has 0 radical (unpaired) electrons. The highest BCUT2D eigenvalue weighted by Crippen LogP contribution is 2.19. The first-order valence-corrected chi connectivity index (χ1v) is 6.80. The predicted octanol–water partition coefficient (Wildman–Crippen LogP) is 2.87. The lowest BCUT2D eigenvalue weighted by Gasteiger charge is -2.09. The van der Waals surface area contributed by atoms with E-state index < -0.39 is 11.9 Å². The molecular formula is C17H15NO5. The van der Waals surface area contributed by atoms with E-state index in [0.717, 1.165) is 0 Å². The van der Waals surface area contributed by atoms with Crippen LogP contribution in [0.1, 0.15) is 33.2 Å². The fourth-order valence-corrected chi connectivity index (χ4v) is 1.97. The van der Waals surface area contributed by atoms with Gasteiger partial charge in [-0.05, 0) is 55.0 Å². The summed E-state index contributed by atoms with van der Waals surface area (Å²) in [7, 11) is 0. The second kappa shape index (κ2) is 6.74. The van der Waals surface area contributed by atoms with E-state index in [1.54, 1.807) is 13.0 Å². The zero-order valence-corrected chi connectivity index (χ0v) is 12.6. The molecule has 1 amide bonds. The number of benzene rings is 2. The summed E-state index contributed by atoms with van der Waals surface area (Å²) in [4.78, 5) is 33.9. The maximum Gasteiger partial charge on any atom is 0.335 e. The van der Waals surface area contributed by atoms with Crippen molar-refractivity contribution < 1.29 is 24.2 Å². The van der Waals surface area contributed by atoms with E-state index in [-0.39, 0.29) is 11.5 Å². The topological polar surface area (TPSA) is 92.7 Å². The second-order valence-corrected chi connectivity index (χ2v) is 4.91. The van der Waals surface area contributed by atoms with Gasteiger partial charge in [-0.1, -0.05) is 0 Å². The molecular weight excluding hydrogens is 298 g/mol. The van der Waals surface area contributed by atoms with Crippen molar-refractivity contribution in [3.8, 4) is 5.75 Å². The molecule has 23 heavy (non-hydrogen) atoms. The van der Waals surface area contributed by atoms with Crippen LogP contribution in [0, 0.1) is 6.92 Å². The average Bonchev–Trinajstić information content (AvgIpc) is 2.49. The number of amides is 1. The third-order valence-electron chi connectivity index (χ3n) is 3.10. The molecule has 6 heteroatoms. The van der Waals surface area contributed by atoms with E-state index in [4.69, 9.17) is 9.84 Å². The molecule has 0 fully saturated rings. The number of esters is 1. The summed E-state index contributed by atoms with van der Waals surface area (Å²) in [5.74, 6) is -1.44. The maximum absolute atomic E-state index is 12.2. The minimum absolute atomic E-state index is 0.159. The van der Waals surface area contributed by atoms with Gasteiger partial charge in [0.2, 0.25) is 0 Å². The summed E-state index contributed by atoms with van der Waals surface area (Å²) in [6.07, 6.45) is 0. The smallest absolute Gasteiger partial charge is 0.335 e. The van der Waals surface area contributed by atoms with Gasteiger partial charge in [0.15, 0.2) is 0 Å². The Morgan fingerprint density at radius 1 is 1.00 bits per heavy atom. The third kappa shape index (κ3) is 4.16. The van der Waals surface area contributed by atoms with Gasteiger partial charge in [-0.25, -0.2) is 4.79 Å². The Bertz CT molecular complexity index is 765. The van der Waals surface area contributed by atoms with Crippen LogP contribution in [0.5, 0.6) is 5.75 Å². The van der Waals surface area contributed by atoms with Crippen LogP contribution in [-0.2, 0) is 4.79 Å². The Morgan fingerprint density at radius 2 is 1.61 bits per heavy atom. The number of carbonyl (C=O) groups excluding carboxylic acids is 2. The molecule has 2 aromatic carbocycles. The van der Waals surface area contributed by atoms with Crippen molar-refractivity contribution >= 4 is 23.5 Å². The number of carboxylic acid groups (broad SMARTS) is 1. The lowest BCUT2D eigenvalue weighted by molar-refractivity contribution is -0.131. The highest BCUT2D eigenvalue weighted by molar-refractivity contribution is 6.05.